The first-order valence-electron chi connectivity index (χ1n) is 2.38. The van der Waals surface area contributed by atoms with Crippen molar-refractivity contribution in [3.63, 3.8) is 0 Å². The van der Waals surface area contributed by atoms with Crippen molar-refractivity contribution in [1.82, 2.24) is 5.48 Å². The standard InChI is InChI=1S/C4H9NO2/c1-2-4(6)3-7-5-4/h5-6H,2-3H2,1H3. The lowest BCUT2D eigenvalue weighted by Crippen LogP contribution is -2.59. The van der Waals surface area contributed by atoms with E-state index in [-0.39, 0.29) is 0 Å². The van der Waals surface area contributed by atoms with Gasteiger partial charge in [-0.15, -0.1) is 0 Å². The summed E-state index contributed by atoms with van der Waals surface area (Å²) in [6, 6.07) is 0. The van der Waals surface area contributed by atoms with Crippen LogP contribution in [0.25, 0.3) is 0 Å². The summed E-state index contributed by atoms with van der Waals surface area (Å²) in [6.45, 7) is 2.32. The van der Waals surface area contributed by atoms with E-state index in [0.29, 0.717) is 13.0 Å². The van der Waals surface area contributed by atoms with Gasteiger partial charge in [0.05, 0.1) is 0 Å². The molecule has 1 atom stereocenters. The smallest absolute Gasteiger partial charge is 0.162 e. The van der Waals surface area contributed by atoms with Gasteiger partial charge in [0.25, 0.3) is 0 Å². The molecule has 0 aliphatic carbocycles. The van der Waals surface area contributed by atoms with Crippen LogP contribution in [0.15, 0.2) is 0 Å². The van der Waals surface area contributed by atoms with Crippen molar-refractivity contribution < 1.29 is 9.94 Å². The fraction of sp³-hybridized carbons (Fsp3) is 1.00. The molecular formula is C4H9NO2. The van der Waals surface area contributed by atoms with Crippen molar-refractivity contribution in [1.29, 1.82) is 0 Å². The molecule has 0 bridgehead atoms. The molecule has 1 unspecified atom stereocenters. The Kier molecular flexibility index (Phi) is 1.03. The Labute approximate surface area is 42.2 Å². The zero-order chi connectivity index (χ0) is 5.33. The predicted molar refractivity (Wildman–Crippen MR) is 24.3 cm³/mol. The van der Waals surface area contributed by atoms with Gasteiger partial charge in [0.15, 0.2) is 5.72 Å². The van der Waals surface area contributed by atoms with Gasteiger partial charge in [-0.2, -0.15) is 5.48 Å². The SMILES string of the molecule is CCC1(O)CON1. The van der Waals surface area contributed by atoms with Crippen LogP contribution < -0.4 is 5.48 Å². The molecule has 0 radical (unpaired) electrons. The number of hydroxylamine groups is 1. The second kappa shape index (κ2) is 1.43. The zero-order valence-electron chi connectivity index (χ0n) is 4.27. The topological polar surface area (TPSA) is 41.5 Å². The quantitative estimate of drug-likeness (QED) is 0.475. The highest BCUT2D eigenvalue weighted by molar-refractivity contribution is 4.74. The lowest BCUT2D eigenvalue weighted by molar-refractivity contribution is -0.260. The Morgan fingerprint density at radius 2 is 2.57 bits per heavy atom. The first-order valence-corrected chi connectivity index (χ1v) is 2.38. The van der Waals surface area contributed by atoms with Gasteiger partial charge in [-0.3, -0.25) is 4.84 Å². The Morgan fingerprint density at radius 3 is 2.57 bits per heavy atom. The molecule has 7 heavy (non-hydrogen) atoms. The van der Waals surface area contributed by atoms with Crippen LogP contribution >= 0.6 is 0 Å². The van der Waals surface area contributed by atoms with Crippen molar-refractivity contribution in [2.75, 3.05) is 6.61 Å². The minimum Gasteiger partial charge on any atom is -0.371 e. The molecule has 0 spiro atoms. The molecule has 1 saturated heterocycles. The van der Waals surface area contributed by atoms with E-state index in [2.05, 4.69) is 10.3 Å². The van der Waals surface area contributed by atoms with Crippen LogP contribution in [-0.2, 0) is 4.84 Å². The van der Waals surface area contributed by atoms with E-state index in [0.717, 1.165) is 0 Å². The van der Waals surface area contributed by atoms with Crippen LogP contribution in [-0.4, -0.2) is 17.4 Å². The highest BCUT2D eigenvalue weighted by Crippen LogP contribution is 2.12. The summed E-state index contributed by atoms with van der Waals surface area (Å²) < 4.78 is 0. The largest absolute Gasteiger partial charge is 0.371 e. The van der Waals surface area contributed by atoms with Crippen LogP contribution in [0, 0.1) is 0 Å². The highest BCUT2D eigenvalue weighted by Gasteiger charge is 2.33. The zero-order valence-corrected chi connectivity index (χ0v) is 4.27. The van der Waals surface area contributed by atoms with Crippen LogP contribution in [0.2, 0.25) is 0 Å². The van der Waals surface area contributed by atoms with Gasteiger partial charge in [0.1, 0.15) is 6.61 Å². The highest BCUT2D eigenvalue weighted by atomic mass is 16.7. The molecule has 1 aliphatic rings. The van der Waals surface area contributed by atoms with Crippen molar-refractivity contribution in [3.8, 4) is 0 Å². The van der Waals surface area contributed by atoms with Crippen molar-refractivity contribution >= 4 is 0 Å². The molecule has 1 aliphatic heterocycles. The molecule has 0 aromatic carbocycles. The summed E-state index contributed by atoms with van der Waals surface area (Å²) in [4.78, 5) is 4.53. The number of rotatable bonds is 1. The molecular weight excluding hydrogens is 94.0 g/mol. The maximum atomic E-state index is 8.98. The van der Waals surface area contributed by atoms with Gasteiger partial charge in [0.2, 0.25) is 0 Å². The van der Waals surface area contributed by atoms with Crippen LogP contribution in [0.4, 0.5) is 0 Å². The van der Waals surface area contributed by atoms with Gasteiger partial charge in [-0.1, -0.05) is 6.92 Å². The van der Waals surface area contributed by atoms with Gasteiger partial charge >= 0.3 is 0 Å². The first kappa shape index (κ1) is 5.03. The fourth-order valence-electron chi connectivity index (χ4n) is 0.413. The first-order chi connectivity index (χ1) is 3.27. The van der Waals surface area contributed by atoms with E-state index in [9.17, 15) is 0 Å². The van der Waals surface area contributed by atoms with Gasteiger partial charge < -0.3 is 5.11 Å². The van der Waals surface area contributed by atoms with Crippen molar-refractivity contribution in [2.45, 2.75) is 19.1 Å². The average Bonchev–Trinajstić information content (AvgIpc) is 1.61. The molecule has 0 saturated carbocycles. The minimum atomic E-state index is -0.708. The number of nitrogens with one attached hydrogen (secondary N) is 1. The second-order valence-electron chi connectivity index (χ2n) is 1.78. The lowest BCUT2D eigenvalue weighted by Gasteiger charge is -2.35. The van der Waals surface area contributed by atoms with Gasteiger partial charge in [-0.05, 0) is 6.42 Å². The number of hydrogen-bond donors (Lipinski definition) is 2. The van der Waals surface area contributed by atoms with Gasteiger partial charge in [0, 0.05) is 0 Å². The summed E-state index contributed by atoms with van der Waals surface area (Å²) in [6.07, 6.45) is 0.701. The molecule has 0 aromatic heterocycles. The Balaban J connectivity index is 2.29. The molecule has 0 amide bonds. The second-order valence-corrected chi connectivity index (χ2v) is 1.78. The van der Waals surface area contributed by atoms with E-state index in [1.165, 1.54) is 0 Å². The van der Waals surface area contributed by atoms with Gasteiger partial charge in [-0.25, -0.2) is 0 Å². The Bertz CT molecular complexity index is 64.6. The molecule has 0 aromatic rings. The van der Waals surface area contributed by atoms with E-state index in [1.54, 1.807) is 0 Å². The summed E-state index contributed by atoms with van der Waals surface area (Å²) >= 11 is 0. The molecule has 1 heterocycles. The monoisotopic (exact) mass is 103 g/mol. The van der Waals surface area contributed by atoms with E-state index < -0.39 is 5.72 Å². The molecule has 3 heteroatoms. The minimum absolute atomic E-state index is 0.420. The van der Waals surface area contributed by atoms with E-state index in [1.807, 2.05) is 6.92 Å². The van der Waals surface area contributed by atoms with Crippen LogP contribution in [0.5, 0.6) is 0 Å². The molecule has 2 N–H and O–H groups in total. The lowest BCUT2D eigenvalue weighted by atomic mass is 10.2. The van der Waals surface area contributed by atoms with Crippen molar-refractivity contribution in [2.24, 2.45) is 0 Å². The third-order valence-corrected chi connectivity index (χ3v) is 1.16. The number of aliphatic hydroxyl groups is 1. The summed E-state index contributed by atoms with van der Waals surface area (Å²) in [5.41, 5.74) is 1.72. The van der Waals surface area contributed by atoms with E-state index >= 15 is 0 Å². The van der Waals surface area contributed by atoms with E-state index in [4.69, 9.17) is 5.11 Å². The molecule has 42 valence electrons. The Morgan fingerprint density at radius 1 is 2.00 bits per heavy atom. The van der Waals surface area contributed by atoms with Crippen LogP contribution in [0.3, 0.4) is 0 Å². The average molecular weight is 103 g/mol. The third-order valence-electron chi connectivity index (χ3n) is 1.16. The third kappa shape index (κ3) is 0.748. The Hall–Kier alpha value is -0.120. The number of hydrogen-bond acceptors (Lipinski definition) is 3. The molecule has 1 fully saturated rings. The van der Waals surface area contributed by atoms with Crippen molar-refractivity contribution in [3.05, 3.63) is 0 Å². The summed E-state index contributed by atoms with van der Waals surface area (Å²) in [5.74, 6) is 0. The molecule has 3 nitrogen and oxygen atoms in total. The predicted octanol–water partition coefficient (Wildman–Crippen LogP) is -0.380. The maximum absolute atomic E-state index is 8.98. The normalized spacial score (nSPS) is 40.3. The molecule has 1 rings (SSSR count). The summed E-state index contributed by atoms with van der Waals surface area (Å²) in [5, 5.41) is 8.98. The maximum Gasteiger partial charge on any atom is 0.162 e. The van der Waals surface area contributed by atoms with Crippen LogP contribution in [0.1, 0.15) is 13.3 Å². The summed E-state index contributed by atoms with van der Waals surface area (Å²) in [7, 11) is 0. The fourth-order valence-corrected chi connectivity index (χ4v) is 0.413.